The molecule has 0 unspecified atom stereocenters. The molecule has 1 aromatic carbocycles. The van der Waals surface area contributed by atoms with Gasteiger partial charge in [0.15, 0.2) is 9.84 Å². The van der Waals surface area contributed by atoms with E-state index in [9.17, 15) is 13.2 Å². The number of benzene rings is 1. The smallest absolute Gasteiger partial charge is 0.331 e. The third-order valence-corrected chi connectivity index (χ3v) is 7.82. The molecule has 1 aliphatic heterocycles. The zero-order valence-corrected chi connectivity index (χ0v) is 17.9. The summed E-state index contributed by atoms with van der Waals surface area (Å²) in [4.78, 5) is 16.5. The van der Waals surface area contributed by atoms with Crippen LogP contribution in [0.5, 0.6) is 0 Å². The molecule has 0 aliphatic carbocycles. The molecule has 0 bridgehead atoms. The van der Waals surface area contributed by atoms with Gasteiger partial charge in [0.2, 0.25) is 0 Å². The summed E-state index contributed by atoms with van der Waals surface area (Å²) in [6, 6.07) is 7.45. The maximum Gasteiger partial charge on any atom is 0.331 e. The number of fused-ring (bicyclic) bond motifs is 1. The number of rotatable bonds is 5. The molecule has 7 nitrogen and oxygen atoms in total. The molecule has 0 spiro atoms. The fourth-order valence-corrected chi connectivity index (χ4v) is 6.19. The molecule has 0 amide bonds. The van der Waals surface area contributed by atoms with Crippen LogP contribution in [0.15, 0.2) is 30.3 Å². The maximum atomic E-state index is 12.1. The monoisotopic (exact) mass is 451 g/mol. The Bertz CT molecular complexity index is 1180. The maximum absolute atomic E-state index is 12.1. The van der Waals surface area contributed by atoms with Gasteiger partial charge in [0, 0.05) is 11.6 Å². The van der Waals surface area contributed by atoms with Crippen molar-refractivity contribution in [2.75, 3.05) is 11.5 Å². The van der Waals surface area contributed by atoms with Crippen molar-refractivity contribution in [3.63, 3.8) is 0 Å². The van der Waals surface area contributed by atoms with Gasteiger partial charge in [-0.05, 0) is 31.6 Å². The first-order chi connectivity index (χ1) is 13.8. The Hall–Kier alpha value is -2.23. The Morgan fingerprint density at radius 2 is 2.21 bits per heavy atom. The van der Waals surface area contributed by atoms with Crippen LogP contribution >= 0.6 is 22.9 Å². The summed E-state index contributed by atoms with van der Waals surface area (Å²) in [7, 11) is -3.05. The number of thiazole rings is 1. The summed E-state index contributed by atoms with van der Waals surface area (Å²) in [6.07, 6.45) is 3.32. The Balaban J connectivity index is 1.42. The summed E-state index contributed by atoms with van der Waals surface area (Å²) < 4.78 is 31.3. The molecule has 0 radical (unpaired) electrons. The standard InChI is InChI=1S/C19H18ClN3O4S2/c1-12-14(19(20)23(22-12)13-8-9-29(25,26)11-13)6-7-18(24)27-10-17-21-15-4-2-3-5-16(15)28-17/h2-7,13H,8-11H2,1H3/b7-6+/t13-/m0/s1. The van der Waals surface area contributed by atoms with E-state index in [1.165, 1.54) is 22.1 Å². The fraction of sp³-hybridized carbons (Fsp3) is 0.316. The molecule has 152 valence electrons. The number of carbonyl (C=O) groups excluding carboxylic acids is 1. The van der Waals surface area contributed by atoms with E-state index in [0.717, 1.165) is 15.2 Å². The quantitative estimate of drug-likeness (QED) is 0.435. The number of hydrogen-bond acceptors (Lipinski definition) is 7. The molecule has 10 heteroatoms. The van der Waals surface area contributed by atoms with Crippen LogP contribution in [-0.2, 0) is 26.0 Å². The van der Waals surface area contributed by atoms with Crippen molar-refractivity contribution < 1.29 is 17.9 Å². The third kappa shape index (κ3) is 4.36. The lowest BCUT2D eigenvalue weighted by Gasteiger charge is -2.09. The molecular weight excluding hydrogens is 434 g/mol. The summed E-state index contributed by atoms with van der Waals surface area (Å²) >= 11 is 7.88. The van der Waals surface area contributed by atoms with E-state index in [1.807, 2.05) is 24.3 Å². The Kier molecular flexibility index (Phi) is 5.46. The van der Waals surface area contributed by atoms with E-state index in [0.29, 0.717) is 22.8 Å². The number of aryl methyl sites for hydroxylation is 1. The minimum absolute atomic E-state index is 0.0290. The van der Waals surface area contributed by atoms with Gasteiger partial charge in [-0.3, -0.25) is 0 Å². The lowest BCUT2D eigenvalue weighted by Crippen LogP contribution is -2.12. The minimum atomic E-state index is -3.05. The predicted octanol–water partition coefficient (Wildman–Crippen LogP) is 3.57. The Morgan fingerprint density at radius 3 is 2.93 bits per heavy atom. The number of hydrogen-bond donors (Lipinski definition) is 0. The average Bonchev–Trinajstić information content (AvgIpc) is 3.33. The van der Waals surface area contributed by atoms with E-state index in [1.54, 1.807) is 13.0 Å². The summed E-state index contributed by atoms with van der Waals surface area (Å²) in [5, 5.41) is 5.40. The first-order valence-electron chi connectivity index (χ1n) is 8.97. The highest BCUT2D eigenvalue weighted by Crippen LogP contribution is 2.30. The van der Waals surface area contributed by atoms with Crippen LogP contribution in [0.4, 0.5) is 0 Å². The molecule has 1 saturated heterocycles. The molecule has 4 rings (SSSR count). The zero-order chi connectivity index (χ0) is 20.6. The van der Waals surface area contributed by atoms with Crippen LogP contribution in [0.3, 0.4) is 0 Å². The van der Waals surface area contributed by atoms with Crippen molar-refractivity contribution in [1.29, 1.82) is 0 Å². The predicted molar refractivity (Wildman–Crippen MR) is 113 cm³/mol. The number of para-hydroxylation sites is 1. The second-order valence-corrected chi connectivity index (χ2v) is 10.5. The topological polar surface area (TPSA) is 91.2 Å². The van der Waals surface area contributed by atoms with Crippen LogP contribution in [0.2, 0.25) is 5.15 Å². The largest absolute Gasteiger partial charge is 0.455 e. The molecule has 1 fully saturated rings. The van der Waals surface area contributed by atoms with E-state index >= 15 is 0 Å². The molecule has 3 aromatic rings. The van der Waals surface area contributed by atoms with E-state index in [4.69, 9.17) is 16.3 Å². The molecule has 1 atom stereocenters. The Morgan fingerprint density at radius 1 is 1.41 bits per heavy atom. The number of aromatic nitrogens is 3. The number of halogens is 1. The number of esters is 1. The van der Waals surface area contributed by atoms with Crippen LogP contribution < -0.4 is 0 Å². The first kappa shape index (κ1) is 20.1. The number of sulfone groups is 1. The van der Waals surface area contributed by atoms with Crippen molar-refractivity contribution in [2.24, 2.45) is 0 Å². The van der Waals surface area contributed by atoms with Crippen LogP contribution in [0, 0.1) is 6.92 Å². The molecular formula is C19H18ClN3O4S2. The van der Waals surface area contributed by atoms with Crippen LogP contribution in [0.1, 0.15) is 28.7 Å². The normalized spacial score (nSPS) is 18.6. The average molecular weight is 452 g/mol. The van der Waals surface area contributed by atoms with Gasteiger partial charge in [0.05, 0.1) is 33.5 Å². The lowest BCUT2D eigenvalue weighted by atomic mass is 10.2. The highest BCUT2D eigenvalue weighted by atomic mass is 35.5. The first-order valence-corrected chi connectivity index (χ1v) is 12.0. The van der Waals surface area contributed by atoms with Crippen molar-refractivity contribution in [2.45, 2.75) is 26.0 Å². The van der Waals surface area contributed by atoms with Crippen LogP contribution in [0.25, 0.3) is 16.3 Å². The third-order valence-electron chi connectivity index (χ3n) is 4.69. The zero-order valence-electron chi connectivity index (χ0n) is 15.5. The molecule has 1 aliphatic rings. The molecule has 2 aromatic heterocycles. The Labute approximate surface area is 176 Å². The highest BCUT2D eigenvalue weighted by Gasteiger charge is 2.31. The van der Waals surface area contributed by atoms with Gasteiger partial charge in [-0.2, -0.15) is 5.10 Å². The van der Waals surface area contributed by atoms with Crippen molar-refractivity contribution in [3.8, 4) is 0 Å². The molecule has 29 heavy (non-hydrogen) atoms. The number of ether oxygens (including phenoxy) is 1. The molecule has 0 saturated carbocycles. The second kappa shape index (κ2) is 7.89. The lowest BCUT2D eigenvalue weighted by molar-refractivity contribution is -0.138. The van der Waals surface area contributed by atoms with Crippen molar-refractivity contribution in [3.05, 3.63) is 51.8 Å². The van der Waals surface area contributed by atoms with E-state index in [-0.39, 0.29) is 24.2 Å². The van der Waals surface area contributed by atoms with Gasteiger partial charge < -0.3 is 4.74 Å². The number of nitrogens with zero attached hydrogens (tertiary/aromatic N) is 3. The fourth-order valence-electron chi connectivity index (χ4n) is 3.25. The summed E-state index contributed by atoms with van der Waals surface area (Å²) in [6.45, 7) is 1.85. The van der Waals surface area contributed by atoms with Gasteiger partial charge in [0.1, 0.15) is 16.8 Å². The summed E-state index contributed by atoms with van der Waals surface area (Å²) in [5.41, 5.74) is 2.07. The van der Waals surface area contributed by atoms with Gasteiger partial charge in [-0.25, -0.2) is 22.9 Å². The van der Waals surface area contributed by atoms with Crippen LogP contribution in [-0.4, -0.2) is 40.7 Å². The second-order valence-electron chi connectivity index (χ2n) is 6.81. The van der Waals surface area contributed by atoms with Gasteiger partial charge >= 0.3 is 5.97 Å². The van der Waals surface area contributed by atoms with Crippen molar-refractivity contribution in [1.82, 2.24) is 14.8 Å². The SMILES string of the molecule is Cc1nn([C@H]2CCS(=O)(=O)C2)c(Cl)c1/C=C/C(=O)OCc1nc2ccccc2s1. The van der Waals surface area contributed by atoms with E-state index in [2.05, 4.69) is 10.1 Å². The summed E-state index contributed by atoms with van der Waals surface area (Å²) in [5.74, 6) is -0.354. The molecule has 3 heterocycles. The van der Waals surface area contributed by atoms with Gasteiger partial charge in [0.25, 0.3) is 0 Å². The van der Waals surface area contributed by atoms with Crippen molar-refractivity contribution >= 4 is 55.0 Å². The van der Waals surface area contributed by atoms with Gasteiger partial charge in [-0.15, -0.1) is 11.3 Å². The van der Waals surface area contributed by atoms with Gasteiger partial charge in [-0.1, -0.05) is 23.7 Å². The minimum Gasteiger partial charge on any atom is -0.455 e. The molecule has 0 N–H and O–H groups in total. The van der Waals surface area contributed by atoms with E-state index < -0.39 is 15.8 Å². The highest BCUT2D eigenvalue weighted by molar-refractivity contribution is 7.91. The number of carbonyl (C=O) groups is 1.